The zero-order chi connectivity index (χ0) is 20.6. The summed E-state index contributed by atoms with van der Waals surface area (Å²) >= 11 is 0. The second-order valence-corrected chi connectivity index (χ2v) is 13.8. The first-order chi connectivity index (χ1) is 13.0. The average molecular weight is 445 g/mol. The van der Waals surface area contributed by atoms with E-state index in [9.17, 15) is 16.8 Å². The lowest BCUT2D eigenvalue weighted by Gasteiger charge is -2.29. The predicted octanol–water partition coefficient (Wildman–Crippen LogP) is 3.54. The van der Waals surface area contributed by atoms with Gasteiger partial charge in [-0.2, -0.15) is 16.8 Å². The van der Waals surface area contributed by atoms with E-state index in [0.29, 0.717) is 12.2 Å². The van der Waals surface area contributed by atoms with Gasteiger partial charge in [-0.15, -0.1) is 10.3 Å². The van der Waals surface area contributed by atoms with Crippen molar-refractivity contribution in [1.29, 1.82) is 0 Å². The Morgan fingerprint density at radius 3 is 1.79 bits per heavy atom. The van der Waals surface area contributed by atoms with Gasteiger partial charge in [0.25, 0.3) is 10.1 Å². The third kappa shape index (κ3) is 4.96. The minimum atomic E-state index is -3.91. The van der Waals surface area contributed by atoms with Crippen LogP contribution in [0.25, 0.3) is 0 Å². The summed E-state index contributed by atoms with van der Waals surface area (Å²) in [7, 11) is -9.82. The van der Waals surface area contributed by atoms with Crippen LogP contribution in [0.2, 0.25) is 0 Å². The van der Waals surface area contributed by atoms with E-state index in [4.69, 9.17) is 7.81 Å². The largest absolute Gasteiger partial charge is 0.306 e. The van der Waals surface area contributed by atoms with E-state index in [1.165, 1.54) is 24.3 Å². The maximum absolute atomic E-state index is 12.6. The molecule has 0 bridgehead atoms. The second-order valence-electron chi connectivity index (χ2n) is 7.16. The van der Waals surface area contributed by atoms with Crippen LogP contribution in [0.15, 0.2) is 58.3 Å². The first kappa shape index (κ1) is 21.3. The minimum Gasteiger partial charge on any atom is -0.262 e. The van der Waals surface area contributed by atoms with Gasteiger partial charge in [-0.1, -0.05) is 35.4 Å². The van der Waals surface area contributed by atoms with Gasteiger partial charge in [-0.3, -0.25) is 4.18 Å². The van der Waals surface area contributed by atoms with Gasteiger partial charge in [0.2, 0.25) is 0 Å². The minimum absolute atomic E-state index is 0.0925. The lowest BCUT2D eigenvalue weighted by molar-refractivity contribution is 0.236. The third-order valence-electron chi connectivity index (χ3n) is 4.55. The molecule has 6 nitrogen and oxygen atoms in total. The molecule has 2 atom stereocenters. The van der Waals surface area contributed by atoms with Gasteiger partial charge in [0, 0.05) is 11.5 Å². The quantitative estimate of drug-likeness (QED) is 0.634. The molecule has 0 saturated carbocycles. The van der Waals surface area contributed by atoms with Crippen LogP contribution < -0.4 is 0 Å². The third-order valence-corrected chi connectivity index (χ3v) is 11.0. The van der Waals surface area contributed by atoms with Crippen LogP contribution in [-0.2, 0) is 28.0 Å². The van der Waals surface area contributed by atoms with Gasteiger partial charge in [0.1, 0.15) is 0 Å². The molecular formula is C19H24O6S3. The highest BCUT2D eigenvalue weighted by Gasteiger charge is 2.39. The molecule has 1 fully saturated rings. The Balaban J connectivity index is 1.69. The van der Waals surface area contributed by atoms with Crippen molar-refractivity contribution in [3.63, 3.8) is 0 Å². The average Bonchev–Trinajstić information content (AvgIpc) is 2.94. The number of hydrogen-bond donors (Lipinski definition) is 0. The van der Waals surface area contributed by atoms with Crippen molar-refractivity contribution in [1.82, 2.24) is 0 Å². The maximum atomic E-state index is 12.6. The zero-order valence-electron chi connectivity index (χ0n) is 16.0. The maximum Gasteiger partial charge on any atom is 0.306 e. The van der Waals surface area contributed by atoms with E-state index >= 15 is 0 Å². The number of aryl methyl sites for hydroxylation is 2. The van der Waals surface area contributed by atoms with Crippen LogP contribution in [0.5, 0.6) is 0 Å². The van der Waals surface area contributed by atoms with Crippen LogP contribution in [0.3, 0.4) is 0 Å². The SMILES string of the molecule is Cc1ccc(S(=O)(=O)OC2CCS(C)(OS(=O)(=O)c3ccc(C)cc3)C2)cc1. The van der Waals surface area contributed by atoms with Gasteiger partial charge >= 0.3 is 10.1 Å². The van der Waals surface area contributed by atoms with E-state index in [0.717, 1.165) is 11.1 Å². The molecule has 1 saturated heterocycles. The van der Waals surface area contributed by atoms with Crippen molar-refractivity contribution < 1.29 is 24.6 Å². The lowest BCUT2D eigenvalue weighted by Crippen LogP contribution is -2.20. The summed E-state index contributed by atoms with van der Waals surface area (Å²) in [4.78, 5) is 0.193. The summed E-state index contributed by atoms with van der Waals surface area (Å²) in [5.74, 6) is 0.718. The normalized spacial score (nSPS) is 25.3. The first-order valence-electron chi connectivity index (χ1n) is 8.76. The number of hydrogen-bond acceptors (Lipinski definition) is 6. The molecular weight excluding hydrogens is 420 g/mol. The molecule has 2 aromatic carbocycles. The Morgan fingerprint density at radius 2 is 1.29 bits per heavy atom. The molecule has 0 radical (unpaired) electrons. The van der Waals surface area contributed by atoms with Crippen LogP contribution >= 0.6 is 10.3 Å². The van der Waals surface area contributed by atoms with Crippen molar-refractivity contribution in [3.8, 4) is 0 Å². The second kappa shape index (κ2) is 7.79. The van der Waals surface area contributed by atoms with Crippen LogP contribution in [0, 0.1) is 13.8 Å². The Morgan fingerprint density at radius 1 is 0.821 bits per heavy atom. The molecule has 1 aliphatic rings. The van der Waals surface area contributed by atoms with E-state index < -0.39 is 36.6 Å². The van der Waals surface area contributed by atoms with Crippen LogP contribution in [-0.4, -0.2) is 40.7 Å². The van der Waals surface area contributed by atoms with Crippen molar-refractivity contribution >= 4 is 30.5 Å². The summed E-state index contributed by atoms with van der Waals surface area (Å²) in [6, 6.07) is 12.9. The van der Waals surface area contributed by atoms with Gasteiger partial charge in [-0.05, 0) is 50.8 Å². The Hall–Kier alpha value is -1.39. The summed E-state index contributed by atoms with van der Waals surface area (Å²) < 4.78 is 61.1. The van der Waals surface area contributed by atoms with Crippen LogP contribution in [0.1, 0.15) is 17.5 Å². The van der Waals surface area contributed by atoms with Crippen LogP contribution in [0.4, 0.5) is 0 Å². The number of rotatable bonds is 6. The summed E-state index contributed by atoms with van der Waals surface area (Å²) in [5, 5.41) is 0. The fourth-order valence-corrected chi connectivity index (χ4v) is 9.13. The highest BCUT2D eigenvalue weighted by Crippen LogP contribution is 2.54. The molecule has 3 rings (SSSR count). The molecule has 0 N–H and O–H groups in total. The predicted molar refractivity (Wildman–Crippen MR) is 111 cm³/mol. The highest BCUT2D eigenvalue weighted by atomic mass is 32.3. The molecule has 1 heterocycles. The van der Waals surface area contributed by atoms with Crippen molar-refractivity contribution in [3.05, 3.63) is 59.7 Å². The highest BCUT2D eigenvalue weighted by molar-refractivity contribution is 8.32. The fraction of sp³-hybridized carbons (Fsp3) is 0.368. The van der Waals surface area contributed by atoms with E-state index in [1.54, 1.807) is 30.5 Å². The fourth-order valence-electron chi connectivity index (χ4n) is 2.98. The molecule has 1 aliphatic heterocycles. The van der Waals surface area contributed by atoms with Gasteiger partial charge in [0.15, 0.2) is 0 Å². The topological polar surface area (TPSA) is 86.7 Å². The Kier molecular flexibility index (Phi) is 5.94. The number of benzene rings is 2. The van der Waals surface area contributed by atoms with Gasteiger partial charge in [-0.25, -0.2) is 3.63 Å². The van der Waals surface area contributed by atoms with Crippen molar-refractivity contribution in [2.45, 2.75) is 36.2 Å². The van der Waals surface area contributed by atoms with Gasteiger partial charge < -0.3 is 0 Å². The molecule has 9 heteroatoms. The Bertz CT molecular complexity index is 1040. The molecule has 2 unspecified atom stereocenters. The molecule has 0 spiro atoms. The standard InChI is InChI=1S/C19H24O6S3/c1-15-4-8-18(9-5-15)27(20,21)24-17-12-13-26(3,14-17)25-28(22,23)19-10-6-16(2)7-11-19/h4-11,17H,12-14H2,1-3H3. The summed E-state index contributed by atoms with van der Waals surface area (Å²) in [6.07, 6.45) is 1.58. The smallest absolute Gasteiger partial charge is 0.262 e. The van der Waals surface area contributed by atoms with Crippen molar-refractivity contribution in [2.24, 2.45) is 0 Å². The molecule has 0 aliphatic carbocycles. The molecule has 154 valence electrons. The van der Waals surface area contributed by atoms with Gasteiger partial charge in [0.05, 0.1) is 15.9 Å². The molecule has 28 heavy (non-hydrogen) atoms. The summed E-state index contributed by atoms with van der Waals surface area (Å²) in [6.45, 7) is 3.74. The zero-order valence-corrected chi connectivity index (χ0v) is 18.4. The van der Waals surface area contributed by atoms with E-state index in [-0.39, 0.29) is 15.5 Å². The first-order valence-corrected chi connectivity index (χ1v) is 13.9. The Labute approximate surface area is 168 Å². The lowest BCUT2D eigenvalue weighted by atomic mass is 10.2. The molecule has 2 aromatic rings. The van der Waals surface area contributed by atoms with E-state index in [2.05, 4.69) is 0 Å². The van der Waals surface area contributed by atoms with E-state index in [1.807, 2.05) is 13.8 Å². The molecule has 0 aromatic heterocycles. The van der Waals surface area contributed by atoms with Crippen molar-refractivity contribution in [2.75, 3.05) is 17.8 Å². The monoisotopic (exact) mass is 444 g/mol. The molecule has 0 amide bonds. The summed E-state index contributed by atoms with van der Waals surface area (Å²) in [5.41, 5.74) is 1.90.